The lowest BCUT2D eigenvalue weighted by atomic mass is 10.3. The third kappa shape index (κ3) is 6.34. The second-order valence-corrected chi connectivity index (χ2v) is 7.57. The molecule has 3 rings (SSSR count). The van der Waals surface area contributed by atoms with Crippen LogP contribution in [0, 0.1) is 27.2 Å². The van der Waals surface area contributed by atoms with Gasteiger partial charge in [-0.15, -0.1) is 0 Å². The Bertz CT molecular complexity index is 1270. The number of carbonyl (C=O) groups is 2. The van der Waals surface area contributed by atoms with Crippen molar-refractivity contribution >= 4 is 39.2 Å². The fourth-order valence-corrected chi connectivity index (χ4v) is 3.13. The molecule has 2 N–H and O–H groups in total. The molecule has 2 amide bonds. The molecule has 0 aliphatic carbocycles. The van der Waals surface area contributed by atoms with Crippen molar-refractivity contribution in [3.05, 3.63) is 66.4 Å². The summed E-state index contributed by atoms with van der Waals surface area (Å²) in [5.74, 6) is -1.92. The highest BCUT2D eigenvalue weighted by molar-refractivity contribution is 9.10. The number of halogens is 1. The average Bonchev–Trinajstić information content (AvgIpc) is 3.41. The van der Waals surface area contributed by atoms with Gasteiger partial charge in [0.25, 0.3) is 5.91 Å². The van der Waals surface area contributed by atoms with Crippen molar-refractivity contribution in [2.24, 2.45) is 0 Å². The molecule has 1 aromatic carbocycles. The van der Waals surface area contributed by atoms with Crippen molar-refractivity contribution in [1.82, 2.24) is 30.6 Å². The molecular weight excluding hydrogens is 536 g/mol. The maximum atomic E-state index is 12.2. The molecule has 0 aliphatic rings. The summed E-state index contributed by atoms with van der Waals surface area (Å²) in [6.07, 6.45) is 0. The molecule has 2 heterocycles. The van der Waals surface area contributed by atoms with Gasteiger partial charge in [0.1, 0.15) is 11.0 Å². The Morgan fingerprint density at radius 1 is 1.17 bits per heavy atom. The molecular formula is C18H17BrN8O8. The number of rotatable bonds is 11. The lowest BCUT2D eigenvalue weighted by Crippen LogP contribution is -2.36. The van der Waals surface area contributed by atoms with Crippen LogP contribution < -0.4 is 15.4 Å². The van der Waals surface area contributed by atoms with Gasteiger partial charge in [-0.25, -0.2) is 0 Å². The van der Waals surface area contributed by atoms with Gasteiger partial charge in [-0.2, -0.15) is 9.67 Å². The summed E-state index contributed by atoms with van der Waals surface area (Å²) in [7, 11) is 0. The van der Waals surface area contributed by atoms with Crippen LogP contribution in [-0.4, -0.2) is 61.3 Å². The highest BCUT2D eigenvalue weighted by Crippen LogP contribution is 2.27. The van der Waals surface area contributed by atoms with Gasteiger partial charge in [0.2, 0.25) is 0 Å². The van der Waals surface area contributed by atoms with Crippen LogP contribution in [0.15, 0.2) is 33.3 Å². The monoisotopic (exact) mass is 552 g/mol. The first-order valence-electron chi connectivity index (χ1n) is 9.78. The SMILES string of the molecule is Cc1c(Br)c([N+](=O)[O-])nn1Cc1noc(C(=O)NCCNC(=O)COc2ccccc2[N+](=O)[O-])n1. The van der Waals surface area contributed by atoms with Gasteiger partial charge in [-0.05, 0) is 33.8 Å². The number of nitrogens with zero attached hydrogens (tertiary/aromatic N) is 6. The van der Waals surface area contributed by atoms with E-state index in [0.29, 0.717) is 5.69 Å². The molecule has 2 aromatic heterocycles. The van der Waals surface area contributed by atoms with E-state index in [-0.39, 0.29) is 53.1 Å². The van der Waals surface area contributed by atoms with E-state index in [1.54, 1.807) is 6.92 Å². The summed E-state index contributed by atoms with van der Waals surface area (Å²) < 4.78 is 11.6. The minimum absolute atomic E-state index is 0.0190. The normalized spacial score (nSPS) is 10.6. The molecule has 184 valence electrons. The van der Waals surface area contributed by atoms with Crippen molar-refractivity contribution in [1.29, 1.82) is 0 Å². The van der Waals surface area contributed by atoms with E-state index < -0.39 is 28.3 Å². The van der Waals surface area contributed by atoms with Crippen LogP contribution in [0.2, 0.25) is 0 Å². The minimum atomic E-state index is -0.696. The zero-order valence-corrected chi connectivity index (χ0v) is 19.6. The van der Waals surface area contributed by atoms with Crippen LogP contribution >= 0.6 is 15.9 Å². The molecule has 0 aliphatic heterocycles. The van der Waals surface area contributed by atoms with Crippen molar-refractivity contribution in [2.45, 2.75) is 13.5 Å². The number of hydrogen-bond donors (Lipinski definition) is 2. The molecule has 0 fully saturated rings. The number of ether oxygens (including phenoxy) is 1. The van der Waals surface area contributed by atoms with Crippen LogP contribution in [0.4, 0.5) is 11.5 Å². The van der Waals surface area contributed by atoms with Gasteiger partial charge in [0.15, 0.2) is 18.2 Å². The zero-order chi connectivity index (χ0) is 25.5. The Morgan fingerprint density at radius 2 is 1.89 bits per heavy atom. The number of nitro benzene ring substituents is 1. The largest absolute Gasteiger partial charge is 0.477 e. The Labute approximate surface area is 204 Å². The number of para-hydroxylation sites is 2. The Balaban J connectivity index is 1.43. The number of nitro groups is 2. The smallest absolute Gasteiger partial charge is 0.404 e. The van der Waals surface area contributed by atoms with E-state index in [1.807, 2.05) is 0 Å². The minimum Gasteiger partial charge on any atom is -0.477 e. The number of nitrogens with one attached hydrogen (secondary N) is 2. The van der Waals surface area contributed by atoms with E-state index in [0.717, 1.165) is 0 Å². The van der Waals surface area contributed by atoms with E-state index in [4.69, 9.17) is 9.26 Å². The highest BCUT2D eigenvalue weighted by atomic mass is 79.9. The van der Waals surface area contributed by atoms with Crippen LogP contribution in [-0.2, 0) is 11.3 Å². The van der Waals surface area contributed by atoms with E-state index in [1.165, 1.54) is 28.9 Å². The lowest BCUT2D eigenvalue weighted by Gasteiger charge is -2.08. The summed E-state index contributed by atoms with van der Waals surface area (Å²) in [6.45, 7) is 1.15. The molecule has 3 aromatic rings. The second-order valence-electron chi connectivity index (χ2n) is 6.77. The van der Waals surface area contributed by atoms with E-state index in [9.17, 15) is 29.8 Å². The molecule has 0 unspecified atom stereocenters. The molecule has 0 saturated heterocycles. The number of hydrogen-bond acceptors (Lipinski definition) is 11. The van der Waals surface area contributed by atoms with Crippen LogP contribution in [0.25, 0.3) is 0 Å². The van der Waals surface area contributed by atoms with Gasteiger partial charge >= 0.3 is 23.3 Å². The van der Waals surface area contributed by atoms with Crippen molar-refractivity contribution in [3.63, 3.8) is 0 Å². The third-order valence-corrected chi connectivity index (χ3v) is 5.32. The Hall–Kier alpha value is -4.41. The first kappa shape index (κ1) is 25.2. The fraction of sp³-hybridized carbons (Fsp3) is 0.278. The standard InChI is InChI=1S/C18H17BrN8O8/c1-10-15(19)16(27(32)33)23-25(10)8-13-22-18(35-24-13)17(29)21-7-6-20-14(28)9-34-12-5-3-2-4-11(12)26(30)31/h2-5H,6-9H2,1H3,(H,20,28)(H,21,29). The van der Waals surface area contributed by atoms with E-state index >= 15 is 0 Å². The summed E-state index contributed by atoms with van der Waals surface area (Å²) in [6, 6.07) is 5.64. The molecule has 0 spiro atoms. The maximum absolute atomic E-state index is 12.2. The predicted octanol–water partition coefficient (Wildman–Crippen LogP) is 1.13. The van der Waals surface area contributed by atoms with Gasteiger partial charge in [0, 0.05) is 19.2 Å². The van der Waals surface area contributed by atoms with Gasteiger partial charge in [-0.3, -0.25) is 19.7 Å². The number of benzene rings is 1. The van der Waals surface area contributed by atoms with Gasteiger partial charge in [0.05, 0.1) is 15.7 Å². The fourth-order valence-electron chi connectivity index (χ4n) is 2.70. The molecule has 17 heteroatoms. The maximum Gasteiger partial charge on any atom is 0.404 e. The summed E-state index contributed by atoms with van der Waals surface area (Å²) in [5.41, 5.74) is 0.203. The van der Waals surface area contributed by atoms with Crippen LogP contribution in [0.3, 0.4) is 0 Å². The summed E-state index contributed by atoms with van der Waals surface area (Å²) >= 11 is 3.10. The molecule has 0 atom stereocenters. The molecule has 0 bridgehead atoms. The van der Waals surface area contributed by atoms with Crippen molar-refractivity contribution in [3.8, 4) is 5.75 Å². The Morgan fingerprint density at radius 3 is 2.57 bits per heavy atom. The second kappa shape index (κ2) is 11.1. The zero-order valence-electron chi connectivity index (χ0n) is 18.0. The van der Waals surface area contributed by atoms with Crippen LogP contribution in [0.5, 0.6) is 5.75 Å². The number of amides is 2. The lowest BCUT2D eigenvalue weighted by molar-refractivity contribution is -0.390. The van der Waals surface area contributed by atoms with Crippen LogP contribution in [0.1, 0.15) is 22.2 Å². The summed E-state index contributed by atoms with van der Waals surface area (Å²) in [4.78, 5) is 48.6. The topological polar surface area (TPSA) is 210 Å². The van der Waals surface area contributed by atoms with Gasteiger partial charge < -0.3 is 30.0 Å². The highest BCUT2D eigenvalue weighted by Gasteiger charge is 2.25. The first-order valence-corrected chi connectivity index (χ1v) is 10.6. The van der Waals surface area contributed by atoms with Gasteiger partial charge in [-0.1, -0.05) is 17.3 Å². The first-order chi connectivity index (χ1) is 16.7. The molecule has 16 nitrogen and oxygen atoms in total. The quantitative estimate of drug-likeness (QED) is 0.195. The third-order valence-electron chi connectivity index (χ3n) is 4.40. The Kier molecular flexibility index (Phi) is 8.03. The number of aromatic nitrogens is 4. The van der Waals surface area contributed by atoms with Crippen molar-refractivity contribution < 1.29 is 28.7 Å². The summed E-state index contributed by atoms with van der Waals surface area (Å²) in [5, 5.41) is 34.4. The average molecular weight is 553 g/mol. The van der Waals surface area contributed by atoms with E-state index in [2.05, 4.69) is 41.8 Å². The van der Waals surface area contributed by atoms with Crippen molar-refractivity contribution in [2.75, 3.05) is 19.7 Å². The predicted molar refractivity (Wildman–Crippen MR) is 119 cm³/mol. The molecule has 0 saturated carbocycles. The number of carbonyl (C=O) groups excluding carboxylic acids is 2. The molecule has 35 heavy (non-hydrogen) atoms. The molecule has 0 radical (unpaired) electrons.